The van der Waals surface area contributed by atoms with E-state index in [1.165, 1.54) is 0 Å². The first kappa shape index (κ1) is 9.44. The summed E-state index contributed by atoms with van der Waals surface area (Å²) in [6.07, 6.45) is 1.75. The maximum Gasteiger partial charge on any atom is 0.108 e. The average molecular weight is 169 g/mol. The van der Waals surface area contributed by atoms with Crippen molar-refractivity contribution in [2.45, 2.75) is 31.4 Å². The summed E-state index contributed by atoms with van der Waals surface area (Å²) in [5.74, 6) is 0.738. The Hall–Kier alpha value is 0.440. The molecule has 2 atom stereocenters. The highest BCUT2D eigenvalue weighted by atomic mass is 35.5. The normalized spacial score (nSPS) is 17.2. The van der Waals surface area contributed by atoms with Gasteiger partial charge in [-0.1, -0.05) is 13.8 Å². The van der Waals surface area contributed by atoms with Crippen LogP contribution in [-0.4, -0.2) is 14.7 Å². The van der Waals surface area contributed by atoms with Gasteiger partial charge in [0.15, 0.2) is 0 Å². The molecule has 0 amide bonds. The quantitative estimate of drug-likeness (QED) is 0.588. The first-order valence-corrected chi connectivity index (χ1v) is 5.05. The lowest BCUT2D eigenvalue weighted by molar-refractivity contribution is 0.677. The van der Waals surface area contributed by atoms with Crippen LogP contribution in [0.4, 0.5) is 0 Å². The average Bonchev–Trinajstić information content (AvgIpc) is 1.87. The fourth-order valence-electron chi connectivity index (χ4n) is 0.515. The molecule has 0 saturated heterocycles. The minimum Gasteiger partial charge on any atom is -0.258 e. The van der Waals surface area contributed by atoms with Crippen LogP contribution in [0.25, 0.3) is 0 Å². The summed E-state index contributed by atoms with van der Waals surface area (Å²) in [6, 6.07) is 0. The summed E-state index contributed by atoms with van der Waals surface area (Å²) < 4.78 is 10.8. The molecule has 9 heavy (non-hydrogen) atoms. The monoisotopic (exact) mass is 168 g/mol. The molecular formula is C6H13ClOS. The van der Waals surface area contributed by atoms with Crippen molar-refractivity contribution in [1.29, 1.82) is 0 Å². The van der Waals surface area contributed by atoms with E-state index in [0.717, 1.165) is 18.6 Å². The van der Waals surface area contributed by atoms with E-state index in [2.05, 4.69) is 0 Å². The largest absolute Gasteiger partial charge is 0.258 e. The minimum atomic E-state index is -0.799. The predicted octanol–water partition coefficient (Wildman–Crippen LogP) is 2.12. The molecule has 0 aliphatic heterocycles. The van der Waals surface area contributed by atoms with Crippen LogP contribution in [0.2, 0.25) is 0 Å². The van der Waals surface area contributed by atoms with Crippen molar-refractivity contribution in [3.8, 4) is 0 Å². The zero-order valence-electron chi connectivity index (χ0n) is 5.89. The van der Waals surface area contributed by atoms with Crippen molar-refractivity contribution >= 4 is 22.4 Å². The number of hydrogen-bond acceptors (Lipinski definition) is 1. The summed E-state index contributed by atoms with van der Waals surface area (Å²) in [7, 11) is -0.799. The van der Waals surface area contributed by atoms with Crippen LogP contribution in [0, 0.1) is 0 Å². The summed E-state index contributed by atoms with van der Waals surface area (Å²) in [5, 5.41) is 0. The van der Waals surface area contributed by atoms with Gasteiger partial charge in [-0.2, -0.15) is 0 Å². The molecule has 0 spiro atoms. The van der Waals surface area contributed by atoms with E-state index in [4.69, 9.17) is 11.6 Å². The zero-order valence-corrected chi connectivity index (χ0v) is 7.47. The lowest BCUT2D eigenvalue weighted by Crippen LogP contribution is -2.09. The zero-order chi connectivity index (χ0) is 7.28. The molecule has 0 bridgehead atoms. The van der Waals surface area contributed by atoms with Gasteiger partial charge in [-0.25, -0.2) is 0 Å². The molecule has 0 aromatic rings. The van der Waals surface area contributed by atoms with E-state index in [9.17, 15) is 4.21 Å². The molecule has 0 N–H and O–H groups in total. The van der Waals surface area contributed by atoms with E-state index in [1.54, 1.807) is 0 Å². The van der Waals surface area contributed by atoms with E-state index >= 15 is 0 Å². The number of rotatable bonds is 4. The Morgan fingerprint density at radius 1 is 1.56 bits per heavy atom. The lowest BCUT2D eigenvalue weighted by Gasteiger charge is -2.03. The summed E-state index contributed by atoms with van der Waals surface area (Å²) in [5.41, 5.74) is 0. The van der Waals surface area contributed by atoms with Gasteiger partial charge in [0.05, 0.1) is 0 Å². The summed E-state index contributed by atoms with van der Waals surface area (Å²) in [6.45, 7) is 3.96. The van der Waals surface area contributed by atoms with E-state index in [-0.39, 0.29) is 4.71 Å². The lowest BCUT2D eigenvalue weighted by atomic mass is 10.6. The molecule has 0 aliphatic rings. The van der Waals surface area contributed by atoms with Crippen LogP contribution in [0.1, 0.15) is 26.7 Å². The van der Waals surface area contributed by atoms with Gasteiger partial charge in [0, 0.05) is 16.6 Å². The van der Waals surface area contributed by atoms with Crippen LogP contribution in [0.15, 0.2) is 0 Å². The van der Waals surface area contributed by atoms with Gasteiger partial charge >= 0.3 is 0 Å². The Morgan fingerprint density at radius 2 is 2.11 bits per heavy atom. The van der Waals surface area contributed by atoms with Gasteiger partial charge in [0.25, 0.3) is 0 Å². The molecule has 2 unspecified atom stereocenters. The second-order valence-electron chi connectivity index (χ2n) is 1.90. The number of alkyl halides is 1. The van der Waals surface area contributed by atoms with Gasteiger partial charge in [-0.05, 0) is 12.8 Å². The van der Waals surface area contributed by atoms with Crippen molar-refractivity contribution in [3.63, 3.8) is 0 Å². The van der Waals surface area contributed by atoms with Gasteiger partial charge < -0.3 is 0 Å². The molecule has 0 rings (SSSR count). The third-order valence-electron chi connectivity index (χ3n) is 1.01. The van der Waals surface area contributed by atoms with E-state index in [0.29, 0.717) is 0 Å². The molecule has 0 aliphatic carbocycles. The molecule has 0 fully saturated rings. The highest BCUT2D eigenvalue weighted by Gasteiger charge is 2.08. The van der Waals surface area contributed by atoms with Crippen molar-refractivity contribution in [2.75, 3.05) is 5.75 Å². The standard InChI is InChI=1S/C6H13ClOS/c1-3-5-9(8)6(7)4-2/h6H,3-5H2,1-2H3. The Morgan fingerprint density at radius 3 is 2.44 bits per heavy atom. The van der Waals surface area contributed by atoms with Gasteiger partial charge in [0.1, 0.15) is 4.71 Å². The molecular weight excluding hydrogens is 156 g/mol. The smallest absolute Gasteiger partial charge is 0.108 e. The molecule has 0 aromatic carbocycles. The van der Waals surface area contributed by atoms with Crippen molar-refractivity contribution in [3.05, 3.63) is 0 Å². The topological polar surface area (TPSA) is 17.1 Å². The van der Waals surface area contributed by atoms with Crippen molar-refractivity contribution < 1.29 is 4.21 Å². The molecule has 3 heteroatoms. The molecule has 0 aromatic heterocycles. The first-order chi connectivity index (χ1) is 4.22. The fraction of sp³-hybridized carbons (Fsp3) is 1.00. The second kappa shape index (κ2) is 5.24. The van der Waals surface area contributed by atoms with Crippen molar-refractivity contribution in [2.24, 2.45) is 0 Å². The summed E-state index contributed by atoms with van der Waals surface area (Å²) in [4.78, 5) is 0. The molecule has 56 valence electrons. The highest BCUT2D eigenvalue weighted by Crippen LogP contribution is 2.07. The van der Waals surface area contributed by atoms with Crippen LogP contribution in [0.5, 0.6) is 0 Å². The molecule has 0 heterocycles. The SMILES string of the molecule is CCCS(=O)C(Cl)CC. The molecule has 1 nitrogen and oxygen atoms in total. The van der Waals surface area contributed by atoms with Crippen LogP contribution >= 0.6 is 11.6 Å². The van der Waals surface area contributed by atoms with E-state index in [1.807, 2.05) is 13.8 Å². The molecule has 0 radical (unpaired) electrons. The van der Waals surface area contributed by atoms with Gasteiger partial charge in [-0.15, -0.1) is 11.6 Å². The minimum absolute atomic E-state index is 0.134. The predicted molar refractivity (Wildman–Crippen MR) is 43.2 cm³/mol. The van der Waals surface area contributed by atoms with Crippen LogP contribution < -0.4 is 0 Å². The van der Waals surface area contributed by atoms with Gasteiger partial charge in [0.2, 0.25) is 0 Å². The number of hydrogen-bond donors (Lipinski definition) is 0. The Balaban J connectivity index is 3.46. The third kappa shape index (κ3) is 3.93. The van der Waals surface area contributed by atoms with Gasteiger partial charge in [-0.3, -0.25) is 4.21 Å². The Kier molecular flexibility index (Phi) is 5.50. The van der Waals surface area contributed by atoms with Crippen LogP contribution in [0.3, 0.4) is 0 Å². The fourth-order valence-corrected chi connectivity index (χ4v) is 1.81. The molecule has 0 saturated carbocycles. The van der Waals surface area contributed by atoms with Crippen LogP contribution in [-0.2, 0) is 10.8 Å². The maximum atomic E-state index is 11.0. The van der Waals surface area contributed by atoms with E-state index < -0.39 is 10.8 Å². The Bertz CT molecular complexity index is 95.1. The second-order valence-corrected chi connectivity index (χ2v) is 4.43. The Labute approximate surface area is 64.2 Å². The third-order valence-corrected chi connectivity index (χ3v) is 3.63. The number of halogens is 1. The summed E-state index contributed by atoms with van der Waals surface area (Å²) >= 11 is 5.69. The first-order valence-electron chi connectivity index (χ1n) is 3.23. The maximum absolute atomic E-state index is 11.0. The van der Waals surface area contributed by atoms with Crippen molar-refractivity contribution in [1.82, 2.24) is 0 Å². The highest BCUT2D eigenvalue weighted by molar-refractivity contribution is 7.86.